The Hall–Kier alpha value is -1.97. The molecule has 0 saturated carbocycles. The van der Waals surface area contributed by atoms with Gasteiger partial charge in [-0.3, -0.25) is 0 Å². The van der Waals surface area contributed by atoms with Crippen LogP contribution in [0.2, 0.25) is 0 Å². The largest absolute Gasteiger partial charge is 0.493 e. The van der Waals surface area contributed by atoms with Gasteiger partial charge in [-0.1, -0.05) is 13.0 Å². The molecule has 96 valence electrons. The van der Waals surface area contributed by atoms with Gasteiger partial charge in [0.2, 0.25) is 0 Å². The molecular weight excluding hydrogens is 226 g/mol. The van der Waals surface area contributed by atoms with E-state index in [4.69, 9.17) is 10.5 Å². The van der Waals surface area contributed by atoms with E-state index < -0.39 is 0 Å². The number of benzene rings is 1. The summed E-state index contributed by atoms with van der Waals surface area (Å²) in [5.41, 5.74) is 6.42. The summed E-state index contributed by atoms with van der Waals surface area (Å²) in [5, 5.41) is 0. The summed E-state index contributed by atoms with van der Waals surface area (Å²) in [6, 6.07) is 7.52. The summed E-state index contributed by atoms with van der Waals surface area (Å²) in [7, 11) is 0. The Bertz CT molecular complexity index is 493. The molecule has 2 rings (SSSR count). The lowest BCUT2D eigenvalue weighted by Gasteiger charge is -2.08. The van der Waals surface area contributed by atoms with E-state index in [1.807, 2.05) is 36.7 Å². The Labute approximate surface area is 107 Å². The Balaban J connectivity index is 1.76. The van der Waals surface area contributed by atoms with Crippen molar-refractivity contribution >= 4 is 5.69 Å². The minimum absolute atomic E-state index is 0.685. The quantitative estimate of drug-likeness (QED) is 0.628. The van der Waals surface area contributed by atoms with Gasteiger partial charge in [-0.15, -0.1) is 0 Å². The number of hydrogen-bond acceptors (Lipinski definition) is 3. The highest BCUT2D eigenvalue weighted by atomic mass is 16.5. The van der Waals surface area contributed by atoms with Gasteiger partial charge < -0.3 is 15.0 Å². The van der Waals surface area contributed by atoms with E-state index in [1.165, 1.54) is 0 Å². The molecule has 0 unspecified atom stereocenters. The predicted octanol–water partition coefficient (Wildman–Crippen LogP) is 2.50. The van der Waals surface area contributed by atoms with Gasteiger partial charge >= 0.3 is 0 Å². The van der Waals surface area contributed by atoms with Gasteiger partial charge in [-0.2, -0.15) is 0 Å². The highest BCUT2D eigenvalue weighted by Crippen LogP contribution is 2.14. The smallest absolute Gasteiger partial charge is 0.121 e. The molecule has 18 heavy (non-hydrogen) atoms. The molecule has 4 heteroatoms. The fourth-order valence-corrected chi connectivity index (χ4v) is 1.89. The van der Waals surface area contributed by atoms with Gasteiger partial charge in [0.1, 0.15) is 11.6 Å². The first kappa shape index (κ1) is 12.5. The van der Waals surface area contributed by atoms with Crippen LogP contribution in [0.1, 0.15) is 19.2 Å². The van der Waals surface area contributed by atoms with E-state index in [0.29, 0.717) is 6.61 Å². The summed E-state index contributed by atoms with van der Waals surface area (Å²) < 4.78 is 7.81. The molecule has 0 saturated heterocycles. The van der Waals surface area contributed by atoms with Crippen LogP contribution in [0.5, 0.6) is 5.75 Å². The number of nitrogens with two attached hydrogens (primary N) is 1. The SMILES string of the molecule is CCc1nccn1CCCOc1cccc(N)c1. The van der Waals surface area contributed by atoms with Crippen molar-refractivity contribution in [3.63, 3.8) is 0 Å². The van der Waals surface area contributed by atoms with Crippen molar-refractivity contribution in [1.29, 1.82) is 0 Å². The van der Waals surface area contributed by atoms with E-state index in [2.05, 4.69) is 16.5 Å². The van der Waals surface area contributed by atoms with Crippen LogP contribution in [-0.2, 0) is 13.0 Å². The molecule has 0 fully saturated rings. The standard InChI is InChI=1S/C14H19N3O/c1-2-14-16-7-9-17(14)8-4-10-18-13-6-3-5-12(15)11-13/h3,5-7,9,11H,2,4,8,10,15H2,1H3. The molecule has 0 aliphatic rings. The zero-order valence-corrected chi connectivity index (χ0v) is 10.7. The lowest BCUT2D eigenvalue weighted by atomic mass is 10.3. The number of hydrogen-bond donors (Lipinski definition) is 1. The molecule has 0 spiro atoms. The lowest BCUT2D eigenvalue weighted by molar-refractivity contribution is 0.301. The third-order valence-corrected chi connectivity index (χ3v) is 2.79. The molecular formula is C14H19N3O. The van der Waals surface area contributed by atoms with Gasteiger partial charge in [0, 0.05) is 37.1 Å². The number of nitrogens with zero attached hydrogens (tertiary/aromatic N) is 2. The molecule has 1 heterocycles. The Morgan fingerprint density at radius 2 is 2.28 bits per heavy atom. The maximum Gasteiger partial charge on any atom is 0.121 e. The zero-order chi connectivity index (χ0) is 12.8. The number of anilines is 1. The third kappa shape index (κ3) is 3.26. The van der Waals surface area contributed by atoms with Gasteiger partial charge in [-0.05, 0) is 18.6 Å². The monoisotopic (exact) mass is 245 g/mol. The minimum atomic E-state index is 0.685. The van der Waals surface area contributed by atoms with Crippen LogP contribution in [0.3, 0.4) is 0 Å². The van der Waals surface area contributed by atoms with Crippen LogP contribution < -0.4 is 10.5 Å². The predicted molar refractivity (Wildman–Crippen MR) is 72.6 cm³/mol. The Morgan fingerprint density at radius 1 is 1.39 bits per heavy atom. The van der Waals surface area contributed by atoms with Crippen LogP contribution in [0, 0.1) is 0 Å². The average Bonchev–Trinajstić information content (AvgIpc) is 2.82. The van der Waals surface area contributed by atoms with E-state index in [0.717, 1.165) is 36.6 Å². The van der Waals surface area contributed by atoms with Crippen molar-refractivity contribution in [3.05, 3.63) is 42.5 Å². The van der Waals surface area contributed by atoms with Crippen molar-refractivity contribution < 1.29 is 4.74 Å². The maximum atomic E-state index is 5.69. The fraction of sp³-hybridized carbons (Fsp3) is 0.357. The van der Waals surface area contributed by atoms with Crippen LogP contribution in [0.4, 0.5) is 5.69 Å². The molecule has 2 N–H and O–H groups in total. The first-order valence-corrected chi connectivity index (χ1v) is 6.28. The highest BCUT2D eigenvalue weighted by molar-refractivity contribution is 5.43. The van der Waals surface area contributed by atoms with Gasteiger partial charge in [-0.25, -0.2) is 4.98 Å². The van der Waals surface area contributed by atoms with E-state index >= 15 is 0 Å². The number of imidazole rings is 1. The van der Waals surface area contributed by atoms with Gasteiger partial charge in [0.05, 0.1) is 6.61 Å². The lowest BCUT2D eigenvalue weighted by Crippen LogP contribution is -2.06. The topological polar surface area (TPSA) is 53.1 Å². The van der Waals surface area contributed by atoms with Gasteiger partial charge in [0.25, 0.3) is 0 Å². The van der Waals surface area contributed by atoms with E-state index in [-0.39, 0.29) is 0 Å². The molecule has 0 atom stereocenters. The van der Waals surface area contributed by atoms with Crippen molar-refractivity contribution in [3.8, 4) is 5.75 Å². The summed E-state index contributed by atoms with van der Waals surface area (Å²) in [6.07, 6.45) is 5.78. The maximum absolute atomic E-state index is 5.69. The van der Waals surface area contributed by atoms with Crippen LogP contribution in [0.25, 0.3) is 0 Å². The third-order valence-electron chi connectivity index (χ3n) is 2.79. The van der Waals surface area contributed by atoms with Crippen LogP contribution in [-0.4, -0.2) is 16.2 Å². The number of rotatable bonds is 6. The number of nitrogen functional groups attached to an aromatic ring is 1. The molecule has 1 aromatic heterocycles. The van der Waals surface area contributed by atoms with E-state index in [1.54, 1.807) is 0 Å². The van der Waals surface area contributed by atoms with Gasteiger partial charge in [0.15, 0.2) is 0 Å². The number of aromatic nitrogens is 2. The average molecular weight is 245 g/mol. The number of aryl methyl sites for hydroxylation is 2. The summed E-state index contributed by atoms with van der Waals surface area (Å²) >= 11 is 0. The minimum Gasteiger partial charge on any atom is -0.493 e. The molecule has 1 aromatic carbocycles. The Morgan fingerprint density at radius 3 is 3.06 bits per heavy atom. The second kappa shape index (κ2) is 6.10. The second-order valence-electron chi connectivity index (χ2n) is 4.16. The molecule has 0 amide bonds. The van der Waals surface area contributed by atoms with Crippen molar-refractivity contribution in [2.24, 2.45) is 0 Å². The van der Waals surface area contributed by atoms with Crippen LogP contribution in [0.15, 0.2) is 36.7 Å². The first-order chi connectivity index (χ1) is 8.79. The van der Waals surface area contributed by atoms with E-state index in [9.17, 15) is 0 Å². The Kier molecular flexibility index (Phi) is 4.23. The second-order valence-corrected chi connectivity index (χ2v) is 4.16. The summed E-state index contributed by atoms with van der Waals surface area (Å²) in [6.45, 7) is 3.73. The summed E-state index contributed by atoms with van der Waals surface area (Å²) in [4.78, 5) is 4.29. The zero-order valence-electron chi connectivity index (χ0n) is 10.7. The normalized spacial score (nSPS) is 10.5. The van der Waals surface area contributed by atoms with Crippen LogP contribution >= 0.6 is 0 Å². The number of ether oxygens (including phenoxy) is 1. The van der Waals surface area contributed by atoms with Crippen molar-refractivity contribution in [1.82, 2.24) is 9.55 Å². The molecule has 0 aliphatic carbocycles. The summed E-state index contributed by atoms with van der Waals surface area (Å²) in [5.74, 6) is 1.95. The molecule has 2 aromatic rings. The van der Waals surface area contributed by atoms with Crippen molar-refractivity contribution in [2.75, 3.05) is 12.3 Å². The molecule has 0 aliphatic heterocycles. The van der Waals surface area contributed by atoms with Crippen molar-refractivity contribution in [2.45, 2.75) is 26.3 Å². The molecule has 0 bridgehead atoms. The molecule has 0 radical (unpaired) electrons. The molecule has 4 nitrogen and oxygen atoms in total. The fourth-order valence-electron chi connectivity index (χ4n) is 1.89. The highest BCUT2D eigenvalue weighted by Gasteiger charge is 2.00. The first-order valence-electron chi connectivity index (χ1n) is 6.28.